The zero-order valence-electron chi connectivity index (χ0n) is 16.8. The van der Waals surface area contributed by atoms with Crippen molar-refractivity contribution in [1.29, 1.82) is 0 Å². The van der Waals surface area contributed by atoms with E-state index < -0.39 is 5.82 Å². The lowest BCUT2D eigenvalue weighted by atomic mass is 10.3. The van der Waals surface area contributed by atoms with Crippen LogP contribution >= 0.6 is 34.5 Å². The van der Waals surface area contributed by atoms with Gasteiger partial charge in [-0.2, -0.15) is 0 Å². The highest BCUT2D eigenvalue weighted by Crippen LogP contribution is 2.31. The molecule has 32 heavy (non-hydrogen) atoms. The minimum Gasteiger partial charge on any atom is -0.367 e. The van der Waals surface area contributed by atoms with Gasteiger partial charge in [0.15, 0.2) is 5.13 Å². The number of rotatable bonds is 8. The summed E-state index contributed by atoms with van der Waals surface area (Å²) < 4.78 is 14.1. The summed E-state index contributed by atoms with van der Waals surface area (Å²) in [5, 5.41) is 8.51. The van der Waals surface area contributed by atoms with Crippen LogP contribution in [0.15, 0.2) is 48.0 Å². The van der Waals surface area contributed by atoms with E-state index in [0.717, 1.165) is 0 Å². The lowest BCUT2D eigenvalue weighted by Crippen LogP contribution is -2.27. The molecule has 0 saturated carbocycles. The number of thiazole rings is 1. The summed E-state index contributed by atoms with van der Waals surface area (Å²) in [6, 6.07) is 7.53. The van der Waals surface area contributed by atoms with Crippen LogP contribution in [0.2, 0.25) is 10.0 Å². The molecule has 0 atom stereocenters. The monoisotopic (exact) mass is 493 g/mol. The number of hydrogen-bond donors (Lipinski definition) is 2. The van der Waals surface area contributed by atoms with Gasteiger partial charge in [-0.1, -0.05) is 35.3 Å². The maximum Gasteiger partial charge on any atom is 0.244 e. The molecule has 2 aromatic heterocycles. The number of carbonyl (C=O) groups excluding carboxylic acids is 2. The largest absolute Gasteiger partial charge is 0.367 e. The lowest BCUT2D eigenvalue weighted by Gasteiger charge is -2.18. The topological polar surface area (TPSA) is 87.2 Å². The number of benzene rings is 1. The Hall–Kier alpha value is -3.01. The maximum atomic E-state index is 14.1. The molecule has 2 N–H and O–H groups in total. The van der Waals surface area contributed by atoms with Crippen LogP contribution in [-0.4, -0.2) is 34.9 Å². The smallest absolute Gasteiger partial charge is 0.244 e. The molecule has 3 aromatic rings. The van der Waals surface area contributed by atoms with E-state index in [9.17, 15) is 14.0 Å². The number of halogens is 3. The van der Waals surface area contributed by atoms with Gasteiger partial charge >= 0.3 is 0 Å². The van der Waals surface area contributed by atoms with Gasteiger partial charge in [-0.05, 0) is 24.3 Å². The van der Waals surface area contributed by atoms with Crippen LogP contribution < -0.4 is 15.5 Å². The van der Waals surface area contributed by atoms with Crippen LogP contribution in [0.25, 0.3) is 6.08 Å². The molecule has 0 aliphatic rings. The van der Waals surface area contributed by atoms with Crippen LogP contribution in [0.5, 0.6) is 0 Å². The minimum absolute atomic E-state index is 0.116. The first-order valence-corrected chi connectivity index (χ1v) is 11.0. The van der Waals surface area contributed by atoms with Crippen molar-refractivity contribution in [3.63, 3.8) is 0 Å². The maximum absolute atomic E-state index is 14.1. The summed E-state index contributed by atoms with van der Waals surface area (Å²) in [6.07, 6.45) is 4.31. The molecule has 0 saturated heterocycles. The van der Waals surface area contributed by atoms with E-state index in [1.165, 1.54) is 53.6 Å². The molecular weight excluding hydrogens is 476 g/mol. The summed E-state index contributed by atoms with van der Waals surface area (Å²) in [7, 11) is 0. The van der Waals surface area contributed by atoms with Gasteiger partial charge in [-0.15, -0.1) is 11.3 Å². The number of nitrogens with one attached hydrogen (secondary N) is 2. The first-order valence-electron chi connectivity index (χ1n) is 9.36. The van der Waals surface area contributed by atoms with Gasteiger partial charge in [0.1, 0.15) is 11.6 Å². The molecule has 7 nitrogen and oxygen atoms in total. The molecule has 11 heteroatoms. The fourth-order valence-corrected chi connectivity index (χ4v) is 3.92. The molecule has 0 fully saturated rings. The zero-order chi connectivity index (χ0) is 23.1. The van der Waals surface area contributed by atoms with Crippen LogP contribution in [0.1, 0.15) is 12.6 Å². The van der Waals surface area contributed by atoms with Gasteiger partial charge in [0.2, 0.25) is 11.8 Å². The molecule has 1 aromatic carbocycles. The highest BCUT2D eigenvalue weighted by Gasteiger charge is 2.20. The van der Waals surface area contributed by atoms with E-state index in [-0.39, 0.29) is 17.5 Å². The van der Waals surface area contributed by atoms with Crippen molar-refractivity contribution in [3.05, 3.63) is 69.5 Å². The normalized spacial score (nSPS) is 10.9. The summed E-state index contributed by atoms with van der Waals surface area (Å²) in [4.78, 5) is 33.7. The van der Waals surface area contributed by atoms with Crippen molar-refractivity contribution >= 4 is 69.1 Å². The molecule has 0 aliphatic heterocycles. The first kappa shape index (κ1) is 23.6. The number of aromatic nitrogens is 2. The Bertz CT molecular complexity index is 1150. The Morgan fingerprint density at radius 2 is 2.03 bits per heavy atom. The van der Waals surface area contributed by atoms with E-state index >= 15 is 0 Å². The summed E-state index contributed by atoms with van der Waals surface area (Å²) >= 11 is 13.0. The van der Waals surface area contributed by atoms with Crippen molar-refractivity contribution in [2.45, 2.75) is 6.92 Å². The fraction of sp³-hybridized carbons (Fsp3) is 0.143. The summed E-state index contributed by atoms with van der Waals surface area (Å²) in [5.41, 5.74) is 0.586. The number of nitrogens with zero attached hydrogens (tertiary/aromatic N) is 3. The Labute approximate surface area is 197 Å². The van der Waals surface area contributed by atoms with Gasteiger partial charge in [-0.3, -0.25) is 14.5 Å². The molecule has 0 radical (unpaired) electrons. The number of para-hydroxylation sites is 1. The Morgan fingerprint density at radius 1 is 1.25 bits per heavy atom. The zero-order valence-corrected chi connectivity index (χ0v) is 19.1. The summed E-state index contributed by atoms with van der Waals surface area (Å²) in [6.45, 7) is 2.07. The lowest BCUT2D eigenvalue weighted by molar-refractivity contribution is -0.117. The van der Waals surface area contributed by atoms with Gasteiger partial charge in [0, 0.05) is 37.7 Å². The van der Waals surface area contributed by atoms with Crippen molar-refractivity contribution in [2.75, 3.05) is 23.3 Å². The Kier molecular flexibility index (Phi) is 8.15. The fourth-order valence-electron chi connectivity index (χ4n) is 2.63. The van der Waals surface area contributed by atoms with Crippen LogP contribution in [-0.2, 0) is 9.59 Å². The highest BCUT2D eigenvalue weighted by atomic mass is 35.5. The molecule has 166 valence electrons. The molecule has 2 amide bonds. The third-order valence-electron chi connectivity index (χ3n) is 4.04. The van der Waals surface area contributed by atoms with E-state index in [4.69, 9.17) is 23.2 Å². The SMILES string of the molecule is CC(=O)N(c1nc(C=CC(=O)NCCNc2ncc(Cl)cc2Cl)cs1)c1ccccc1F. The van der Waals surface area contributed by atoms with Crippen molar-refractivity contribution in [3.8, 4) is 0 Å². The molecule has 0 spiro atoms. The molecular formula is C21H18Cl2FN5O2S. The molecule has 2 heterocycles. The Morgan fingerprint density at radius 3 is 2.75 bits per heavy atom. The summed E-state index contributed by atoms with van der Waals surface area (Å²) in [5.74, 6) is -0.756. The van der Waals surface area contributed by atoms with E-state index in [1.54, 1.807) is 23.6 Å². The number of hydrogen-bond acceptors (Lipinski definition) is 6. The predicted molar refractivity (Wildman–Crippen MR) is 126 cm³/mol. The average molecular weight is 494 g/mol. The second kappa shape index (κ2) is 11.0. The van der Waals surface area contributed by atoms with Gasteiger partial charge in [-0.25, -0.2) is 14.4 Å². The average Bonchev–Trinajstić information content (AvgIpc) is 3.21. The van der Waals surface area contributed by atoms with Gasteiger partial charge < -0.3 is 10.6 Å². The van der Waals surface area contributed by atoms with E-state index in [2.05, 4.69) is 20.6 Å². The third kappa shape index (κ3) is 6.25. The van der Waals surface area contributed by atoms with Crippen LogP contribution in [0, 0.1) is 5.82 Å². The van der Waals surface area contributed by atoms with Crippen LogP contribution in [0.3, 0.4) is 0 Å². The molecule has 0 unspecified atom stereocenters. The third-order valence-corrected chi connectivity index (χ3v) is 5.38. The molecule has 3 rings (SSSR count). The molecule has 0 aliphatic carbocycles. The second-order valence-electron chi connectivity index (χ2n) is 6.40. The number of anilines is 3. The Balaban J connectivity index is 1.55. The molecule has 0 bridgehead atoms. The standard InChI is InChI=1S/C21H18Cl2FN5O2S/c1-13(30)29(18-5-3-2-4-17(18)24)21-28-15(12-32-21)6-7-19(31)25-8-9-26-20-16(23)10-14(22)11-27-20/h2-7,10-12H,8-9H2,1H3,(H,25,31)(H,26,27). The second-order valence-corrected chi connectivity index (χ2v) is 8.08. The van der Waals surface area contributed by atoms with Crippen molar-refractivity contribution < 1.29 is 14.0 Å². The van der Waals surface area contributed by atoms with Gasteiger partial charge in [0.25, 0.3) is 0 Å². The van der Waals surface area contributed by atoms with Crippen molar-refractivity contribution in [2.24, 2.45) is 0 Å². The minimum atomic E-state index is -0.530. The number of carbonyl (C=O) groups is 2. The van der Waals surface area contributed by atoms with Crippen LogP contribution in [0.4, 0.5) is 21.0 Å². The van der Waals surface area contributed by atoms with Gasteiger partial charge in [0.05, 0.1) is 21.4 Å². The first-order chi connectivity index (χ1) is 15.3. The number of amides is 2. The highest BCUT2D eigenvalue weighted by molar-refractivity contribution is 7.14. The predicted octanol–water partition coefficient (Wildman–Crippen LogP) is 4.91. The quantitative estimate of drug-likeness (QED) is 0.343. The van der Waals surface area contributed by atoms with Crippen molar-refractivity contribution in [1.82, 2.24) is 15.3 Å². The van der Waals surface area contributed by atoms with E-state index in [0.29, 0.717) is 39.8 Å². The number of pyridine rings is 1. The van der Waals surface area contributed by atoms with E-state index in [1.807, 2.05) is 0 Å².